The minimum absolute atomic E-state index is 0.0999. The number of hydrogen-bond donors (Lipinski definition) is 1. The van der Waals surface area contributed by atoms with E-state index >= 15 is 0 Å². The summed E-state index contributed by atoms with van der Waals surface area (Å²) >= 11 is 9.31. The van der Waals surface area contributed by atoms with Crippen molar-refractivity contribution in [3.05, 3.63) is 28.2 Å². The zero-order chi connectivity index (χ0) is 14.3. The Balaban J connectivity index is 2.54. The van der Waals surface area contributed by atoms with Gasteiger partial charge in [0.25, 0.3) is 5.91 Å². The molecule has 1 unspecified atom stereocenters. The smallest absolute Gasteiger partial charge is 0.255 e. The van der Waals surface area contributed by atoms with Crippen LogP contribution in [0.25, 0.3) is 0 Å². The number of carbonyl (C=O) groups excluding carboxylic acids is 1. The molecule has 1 aromatic carbocycles. The fraction of sp³-hybridized carbons (Fsp3) is 0.462. The molecule has 0 aliphatic heterocycles. The van der Waals surface area contributed by atoms with Crippen molar-refractivity contribution in [2.75, 3.05) is 27.4 Å². The molecule has 0 aliphatic rings. The zero-order valence-corrected chi connectivity index (χ0v) is 13.3. The average Bonchev–Trinajstić information content (AvgIpc) is 2.38. The molecular formula is C13H17BrClNO3. The molecular weight excluding hydrogens is 334 g/mol. The monoisotopic (exact) mass is 349 g/mol. The van der Waals surface area contributed by atoms with E-state index in [-0.39, 0.29) is 11.3 Å². The first-order chi connectivity index (χ1) is 9.08. The van der Waals surface area contributed by atoms with Crippen molar-refractivity contribution in [1.82, 2.24) is 5.32 Å². The molecule has 0 saturated heterocycles. The van der Waals surface area contributed by atoms with Gasteiger partial charge in [-0.1, -0.05) is 15.9 Å². The van der Waals surface area contributed by atoms with Crippen molar-refractivity contribution in [3.8, 4) is 5.75 Å². The Labute approximate surface area is 126 Å². The van der Waals surface area contributed by atoms with Crippen LogP contribution in [0, 0.1) is 0 Å². The summed E-state index contributed by atoms with van der Waals surface area (Å²) in [6.07, 6.45) is 0.653. The highest BCUT2D eigenvalue weighted by atomic mass is 79.9. The summed E-state index contributed by atoms with van der Waals surface area (Å²) in [6.45, 7) is 0.967. The standard InChI is InChI=1S/C13H17BrClNO3/c1-18-8-10(15)5-6-16-13(17)11-4-3-9(14)7-12(11)19-2/h3-4,7,10H,5-6,8H2,1-2H3,(H,16,17). The highest BCUT2D eigenvalue weighted by Gasteiger charge is 2.12. The molecule has 19 heavy (non-hydrogen) atoms. The molecule has 0 aromatic heterocycles. The predicted molar refractivity (Wildman–Crippen MR) is 79.2 cm³/mol. The normalized spacial score (nSPS) is 12.0. The van der Waals surface area contributed by atoms with Gasteiger partial charge in [-0.15, -0.1) is 11.6 Å². The van der Waals surface area contributed by atoms with Gasteiger partial charge in [0.2, 0.25) is 0 Å². The number of carbonyl (C=O) groups is 1. The first kappa shape index (κ1) is 16.3. The van der Waals surface area contributed by atoms with Gasteiger partial charge in [-0.25, -0.2) is 0 Å². The molecule has 1 amide bonds. The van der Waals surface area contributed by atoms with Gasteiger partial charge in [-0.3, -0.25) is 4.79 Å². The van der Waals surface area contributed by atoms with Gasteiger partial charge < -0.3 is 14.8 Å². The maximum Gasteiger partial charge on any atom is 0.255 e. The first-order valence-electron chi connectivity index (χ1n) is 5.83. The van der Waals surface area contributed by atoms with Crippen LogP contribution in [0.4, 0.5) is 0 Å². The van der Waals surface area contributed by atoms with E-state index < -0.39 is 0 Å². The van der Waals surface area contributed by atoms with E-state index in [2.05, 4.69) is 21.2 Å². The SMILES string of the molecule is COCC(Cl)CCNC(=O)c1ccc(Br)cc1OC. The summed E-state index contributed by atoms with van der Waals surface area (Å²) < 4.78 is 11.0. The summed E-state index contributed by atoms with van der Waals surface area (Å²) in [7, 11) is 3.13. The Morgan fingerprint density at radius 1 is 1.47 bits per heavy atom. The fourth-order valence-electron chi connectivity index (χ4n) is 1.55. The molecule has 0 heterocycles. The van der Waals surface area contributed by atoms with Crippen molar-refractivity contribution < 1.29 is 14.3 Å². The molecule has 1 aromatic rings. The first-order valence-corrected chi connectivity index (χ1v) is 7.06. The number of rotatable bonds is 7. The van der Waals surface area contributed by atoms with E-state index in [0.29, 0.717) is 30.9 Å². The van der Waals surface area contributed by atoms with E-state index in [0.717, 1.165) is 4.47 Å². The second-order valence-corrected chi connectivity index (χ2v) is 5.47. The fourth-order valence-corrected chi connectivity index (χ4v) is 2.13. The summed E-state index contributed by atoms with van der Waals surface area (Å²) in [5.74, 6) is 0.358. The lowest BCUT2D eigenvalue weighted by Crippen LogP contribution is -2.27. The van der Waals surface area contributed by atoms with Crippen LogP contribution < -0.4 is 10.1 Å². The maximum absolute atomic E-state index is 12.0. The van der Waals surface area contributed by atoms with Crippen LogP contribution in [0.5, 0.6) is 5.75 Å². The van der Waals surface area contributed by atoms with Gasteiger partial charge >= 0.3 is 0 Å². The average molecular weight is 351 g/mol. The molecule has 1 atom stereocenters. The summed E-state index contributed by atoms with van der Waals surface area (Å²) in [4.78, 5) is 12.0. The lowest BCUT2D eigenvalue weighted by atomic mass is 10.2. The highest BCUT2D eigenvalue weighted by Crippen LogP contribution is 2.23. The Kier molecular flexibility index (Phi) is 7.20. The molecule has 1 N–H and O–H groups in total. The number of nitrogens with one attached hydrogen (secondary N) is 1. The third-order valence-electron chi connectivity index (χ3n) is 2.50. The van der Waals surface area contributed by atoms with Crippen LogP contribution in [-0.2, 0) is 4.74 Å². The van der Waals surface area contributed by atoms with E-state index in [1.165, 1.54) is 7.11 Å². The van der Waals surface area contributed by atoms with Gasteiger partial charge in [-0.2, -0.15) is 0 Å². The van der Waals surface area contributed by atoms with Crippen molar-refractivity contribution in [2.45, 2.75) is 11.8 Å². The van der Waals surface area contributed by atoms with Gasteiger partial charge in [0.05, 0.1) is 24.7 Å². The van der Waals surface area contributed by atoms with Crippen molar-refractivity contribution in [3.63, 3.8) is 0 Å². The Morgan fingerprint density at radius 2 is 2.21 bits per heavy atom. The molecule has 0 aliphatic carbocycles. The van der Waals surface area contributed by atoms with Gasteiger partial charge in [0.1, 0.15) is 5.75 Å². The molecule has 0 bridgehead atoms. The van der Waals surface area contributed by atoms with Crippen LogP contribution >= 0.6 is 27.5 Å². The number of benzene rings is 1. The third kappa shape index (κ3) is 5.38. The molecule has 1 rings (SSSR count). The van der Waals surface area contributed by atoms with E-state index in [4.69, 9.17) is 21.1 Å². The van der Waals surface area contributed by atoms with E-state index in [1.54, 1.807) is 25.3 Å². The van der Waals surface area contributed by atoms with Crippen LogP contribution in [0.1, 0.15) is 16.8 Å². The molecule has 106 valence electrons. The Hall–Kier alpha value is -0.780. The zero-order valence-electron chi connectivity index (χ0n) is 10.9. The molecule has 0 radical (unpaired) electrons. The summed E-state index contributed by atoms with van der Waals surface area (Å²) in [5.41, 5.74) is 0.503. The van der Waals surface area contributed by atoms with Crippen LogP contribution in [0.15, 0.2) is 22.7 Å². The van der Waals surface area contributed by atoms with Gasteiger partial charge in [0.15, 0.2) is 0 Å². The number of alkyl halides is 1. The van der Waals surface area contributed by atoms with Gasteiger partial charge in [0, 0.05) is 18.1 Å². The molecule has 6 heteroatoms. The Bertz CT molecular complexity index is 428. The molecule has 0 fully saturated rings. The Morgan fingerprint density at radius 3 is 2.84 bits per heavy atom. The second kappa shape index (κ2) is 8.40. The number of halogens is 2. The highest BCUT2D eigenvalue weighted by molar-refractivity contribution is 9.10. The number of methoxy groups -OCH3 is 2. The molecule has 0 saturated carbocycles. The molecule has 4 nitrogen and oxygen atoms in total. The lowest BCUT2D eigenvalue weighted by molar-refractivity contribution is 0.0948. The van der Waals surface area contributed by atoms with Crippen LogP contribution in [0.3, 0.4) is 0 Å². The van der Waals surface area contributed by atoms with Gasteiger partial charge in [-0.05, 0) is 24.6 Å². The minimum Gasteiger partial charge on any atom is -0.496 e. The number of ether oxygens (including phenoxy) is 2. The number of amides is 1. The van der Waals surface area contributed by atoms with E-state index in [9.17, 15) is 4.79 Å². The van der Waals surface area contributed by atoms with Crippen LogP contribution in [-0.4, -0.2) is 38.7 Å². The maximum atomic E-state index is 12.0. The summed E-state index contributed by atoms with van der Waals surface area (Å²) in [5, 5.41) is 2.71. The van der Waals surface area contributed by atoms with Crippen molar-refractivity contribution >= 4 is 33.4 Å². The van der Waals surface area contributed by atoms with Crippen LogP contribution in [0.2, 0.25) is 0 Å². The third-order valence-corrected chi connectivity index (χ3v) is 3.34. The van der Waals surface area contributed by atoms with Crippen molar-refractivity contribution in [2.24, 2.45) is 0 Å². The predicted octanol–water partition coefficient (Wildman–Crippen LogP) is 2.83. The summed E-state index contributed by atoms with van der Waals surface area (Å²) in [6, 6.07) is 5.27. The lowest BCUT2D eigenvalue weighted by Gasteiger charge is -2.11. The second-order valence-electron chi connectivity index (χ2n) is 3.94. The largest absolute Gasteiger partial charge is 0.496 e. The van der Waals surface area contributed by atoms with Crippen molar-refractivity contribution in [1.29, 1.82) is 0 Å². The minimum atomic E-state index is -0.175. The topological polar surface area (TPSA) is 47.6 Å². The molecule has 0 spiro atoms. The number of hydrogen-bond acceptors (Lipinski definition) is 3. The quantitative estimate of drug-likeness (QED) is 0.769. The van der Waals surface area contributed by atoms with E-state index in [1.807, 2.05) is 0 Å².